The molecule has 0 spiro atoms. The van der Waals surface area contributed by atoms with Crippen LogP contribution in [0.5, 0.6) is 11.5 Å². The second kappa shape index (κ2) is 7.12. The number of anilines is 1. The van der Waals surface area contributed by atoms with Gasteiger partial charge in [-0.2, -0.15) is 0 Å². The Morgan fingerprint density at radius 1 is 1.20 bits per heavy atom. The van der Waals surface area contributed by atoms with Gasteiger partial charge in [0.15, 0.2) is 12.0 Å². The summed E-state index contributed by atoms with van der Waals surface area (Å²) in [6.07, 6.45) is -8.89. The molecule has 1 aromatic rings. The maximum atomic E-state index is 12.1. The molecule has 2 aliphatic rings. The molecule has 2 aliphatic heterocycles. The monoisotopic (exact) mass is 357 g/mol. The van der Waals surface area contributed by atoms with E-state index in [9.17, 15) is 25.2 Å². The molecule has 1 fully saturated rings. The van der Waals surface area contributed by atoms with Gasteiger partial charge >= 0.3 is 0 Å². The van der Waals surface area contributed by atoms with Gasteiger partial charge in [0.1, 0.15) is 30.2 Å². The average Bonchev–Trinajstić information content (AvgIpc) is 2.62. The molecule has 25 heavy (non-hydrogen) atoms. The molecule has 10 nitrogen and oxygen atoms in total. The Kier molecular flexibility index (Phi) is 5.08. The van der Waals surface area contributed by atoms with Gasteiger partial charge in [0.05, 0.1) is 19.4 Å². The van der Waals surface area contributed by atoms with Gasteiger partial charge in [0.2, 0.25) is 0 Å². The van der Waals surface area contributed by atoms with Crippen LogP contribution in [0.4, 0.5) is 5.69 Å². The average molecular weight is 357 g/mol. The lowest BCUT2D eigenvalue weighted by molar-refractivity contribution is -0.322. The van der Waals surface area contributed by atoms with Gasteiger partial charge in [0.25, 0.3) is 12.2 Å². The van der Waals surface area contributed by atoms with Crippen LogP contribution in [0.1, 0.15) is 0 Å². The molecule has 5 N–H and O–H groups in total. The Labute approximate surface area is 142 Å². The first-order valence-corrected chi connectivity index (χ1v) is 7.56. The summed E-state index contributed by atoms with van der Waals surface area (Å²) in [5.41, 5.74) is 0.416. The van der Waals surface area contributed by atoms with Gasteiger partial charge in [-0.15, -0.1) is 0 Å². The highest BCUT2D eigenvalue weighted by molar-refractivity contribution is 5.97. The number of aliphatic hydroxyl groups excluding tert-OH is 4. The van der Waals surface area contributed by atoms with Crippen LogP contribution in [-0.4, -0.2) is 77.0 Å². The SMILES string of the molecule is COc1ccc2c(c1)OC(OC1OC(CO)C(O)C(O)C1O)C(=O)N2. The quantitative estimate of drug-likeness (QED) is 0.420. The molecular formula is C15H19NO9. The van der Waals surface area contributed by atoms with Gasteiger partial charge in [-0.3, -0.25) is 4.79 Å². The van der Waals surface area contributed by atoms with Crippen molar-refractivity contribution in [2.75, 3.05) is 19.0 Å². The van der Waals surface area contributed by atoms with Crippen molar-refractivity contribution in [3.8, 4) is 11.5 Å². The van der Waals surface area contributed by atoms with Crippen LogP contribution in [0.25, 0.3) is 0 Å². The van der Waals surface area contributed by atoms with Crippen molar-refractivity contribution < 1.29 is 44.2 Å². The summed E-state index contributed by atoms with van der Waals surface area (Å²) in [7, 11) is 1.48. The molecule has 0 radical (unpaired) electrons. The summed E-state index contributed by atoms with van der Waals surface area (Å²) in [6.45, 7) is -0.609. The van der Waals surface area contributed by atoms with E-state index in [1.54, 1.807) is 18.2 Å². The minimum absolute atomic E-state index is 0.286. The third-order valence-electron chi connectivity index (χ3n) is 4.00. The van der Waals surface area contributed by atoms with Crippen molar-refractivity contribution in [1.29, 1.82) is 0 Å². The summed E-state index contributed by atoms with van der Waals surface area (Å²) >= 11 is 0. The molecule has 1 aromatic carbocycles. The Morgan fingerprint density at radius 3 is 2.64 bits per heavy atom. The third-order valence-corrected chi connectivity index (χ3v) is 4.00. The second-order valence-electron chi connectivity index (χ2n) is 5.63. The number of carbonyl (C=O) groups excluding carboxylic acids is 1. The van der Waals surface area contributed by atoms with E-state index in [2.05, 4.69) is 5.32 Å². The predicted octanol–water partition coefficient (Wildman–Crippen LogP) is -1.83. The second-order valence-corrected chi connectivity index (χ2v) is 5.63. The molecule has 1 saturated heterocycles. The zero-order valence-electron chi connectivity index (χ0n) is 13.2. The zero-order chi connectivity index (χ0) is 18.1. The molecule has 2 heterocycles. The summed E-state index contributed by atoms with van der Waals surface area (Å²) in [5.74, 6) is 0.143. The first kappa shape index (κ1) is 17.9. The minimum atomic E-state index is -1.64. The van der Waals surface area contributed by atoms with Crippen molar-refractivity contribution in [2.24, 2.45) is 0 Å². The van der Waals surface area contributed by atoms with Crippen molar-refractivity contribution >= 4 is 11.6 Å². The molecule has 6 unspecified atom stereocenters. The molecular weight excluding hydrogens is 338 g/mol. The largest absolute Gasteiger partial charge is 0.497 e. The highest BCUT2D eigenvalue weighted by atomic mass is 16.8. The lowest BCUT2D eigenvalue weighted by Crippen LogP contribution is -2.60. The fourth-order valence-electron chi connectivity index (χ4n) is 2.58. The summed E-state index contributed by atoms with van der Waals surface area (Å²) in [5, 5.41) is 41.2. The maximum Gasteiger partial charge on any atom is 0.294 e. The van der Waals surface area contributed by atoms with Crippen molar-refractivity contribution in [3.05, 3.63) is 18.2 Å². The molecule has 6 atom stereocenters. The molecule has 0 aliphatic carbocycles. The van der Waals surface area contributed by atoms with Crippen LogP contribution >= 0.6 is 0 Å². The normalized spacial score (nSPS) is 34.7. The lowest BCUT2D eigenvalue weighted by atomic mass is 9.99. The Balaban J connectivity index is 1.74. The molecule has 10 heteroatoms. The van der Waals surface area contributed by atoms with Crippen molar-refractivity contribution in [3.63, 3.8) is 0 Å². The Bertz CT molecular complexity index is 637. The van der Waals surface area contributed by atoms with Crippen LogP contribution in [0.2, 0.25) is 0 Å². The first-order chi connectivity index (χ1) is 11.9. The number of hydrogen-bond acceptors (Lipinski definition) is 9. The Morgan fingerprint density at radius 2 is 1.96 bits per heavy atom. The molecule has 1 amide bonds. The van der Waals surface area contributed by atoms with Crippen LogP contribution in [-0.2, 0) is 14.3 Å². The lowest BCUT2D eigenvalue weighted by Gasteiger charge is -2.40. The van der Waals surface area contributed by atoms with Gasteiger partial charge < -0.3 is 44.7 Å². The van der Waals surface area contributed by atoms with Gasteiger partial charge in [-0.05, 0) is 12.1 Å². The summed E-state index contributed by atoms with van der Waals surface area (Å²) in [6, 6.07) is 4.77. The number of benzene rings is 1. The number of nitrogens with one attached hydrogen (secondary N) is 1. The van der Waals surface area contributed by atoms with Crippen LogP contribution in [0, 0.1) is 0 Å². The van der Waals surface area contributed by atoms with Crippen molar-refractivity contribution in [2.45, 2.75) is 37.0 Å². The number of amides is 1. The molecule has 0 aromatic heterocycles. The van der Waals surface area contributed by atoms with E-state index in [4.69, 9.17) is 18.9 Å². The highest BCUT2D eigenvalue weighted by Gasteiger charge is 2.46. The number of rotatable bonds is 4. The van der Waals surface area contributed by atoms with Gasteiger partial charge in [-0.1, -0.05) is 0 Å². The Hall–Kier alpha value is -1.95. The van der Waals surface area contributed by atoms with Crippen LogP contribution < -0.4 is 14.8 Å². The van der Waals surface area contributed by atoms with Crippen molar-refractivity contribution in [1.82, 2.24) is 0 Å². The molecule has 3 rings (SSSR count). The smallest absolute Gasteiger partial charge is 0.294 e. The fraction of sp³-hybridized carbons (Fsp3) is 0.533. The van der Waals surface area contributed by atoms with E-state index in [0.29, 0.717) is 11.4 Å². The highest BCUT2D eigenvalue weighted by Crippen LogP contribution is 2.34. The van der Waals surface area contributed by atoms with Crippen LogP contribution in [0.15, 0.2) is 18.2 Å². The van der Waals surface area contributed by atoms with E-state index in [0.717, 1.165) is 0 Å². The topological polar surface area (TPSA) is 147 Å². The molecule has 0 bridgehead atoms. The van der Waals surface area contributed by atoms with E-state index in [-0.39, 0.29) is 5.75 Å². The van der Waals surface area contributed by atoms with Gasteiger partial charge in [-0.25, -0.2) is 0 Å². The number of ether oxygens (including phenoxy) is 4. The number of carbonyl (C=O) groups is 1. The van der Waals surface area contributed by atoms with E-state index in [1.165, 1.54) is 7.11 Å². The van der Waals surface area contributed by atoms with E-state index < -0.39 is 49.5 Å². The van der Waals surface area contributed by atoms with E-state index in [1.807, 2.05) is 0 Å². The van der Waals surface area contributed by atoms with E-state index >= 15 is 0 Å². The minimum Gasteiger partial charge on any atom is -0.497 e. The third kappa shape index (κ3) is 3.40. The number of fused-ring (bicyclic) bond motifs is 1. The molecule has 0 saturated carbocycles. The fourth-order valence-corrected chi connectivity index (χ4v) is 2.58. The van der Waals surface area contributed by atoms with Gasteiger partial charge in [0, 0.05) is 6.07 Å². The first-order valence-electron chi connectivity index (χ1n) is 7.56. The van der Waals surface area contributed by atoms with Crippen LogP contribution in [0.3, 0.4) is 0 Å². The molecule has 138 valence electrons. The zero-order valence-corrected chi connectivity index (χ0v) is 13.2. The number of aliphatic hydroxyl groups is 4. The number of hydrogen-bond donors (Lipinski definition) is 5. The number of methoxy groups -OCH3 is 1. The predicted molar refractivity (Wildman–Crippen MR) is 80.9 cm³/mol. The standard InChI is InChI=1S/C15H19NO9/c1-22-6-2-3-7-8(4-6)23-15(13(21)16-7)25-14-12(20)11(19)10(18)9(5-17)24-14/h2-4,9-12,14-15,17-20H,5H2,1H3,(H,16,21). The summed E-state index contributed by atoms with van der Waals surface area (Å²) < 4.78 is 21.0. The maximum absolute atomic E-state index is 12.1. The summed E-state index contributed by atoms with van der Waals surface area (Å²) in [4.78, 5) is 12.1.